The van der Waals surface area contributed by atoms with Crippen LogP contribution >= 0.6 is 0 Å². The molecule has 0 N–H and O–H groups in total. The summed E-state index contributed by atoms with van der Waals surface area (Å²) in [6, 6.07) is 5.96. The molecule has 1 amide bonds. The van der Waals surface area contributed by atoms with E-state index in [1.807, 2.05) is 54.2 Å². The molecule has 0 spiro atoms. The van der Waals surface area contributed by atoms with E-state index in [9.17, 15) is 4.79 Å². The quantitative estimate of drug-likeness (QED) is 0.829. The van der Waals surface area contributed by atoms with E-state index in [0.717, 1.165) is 42.9 Å². The highest BCUT2D eigenvalue weighted by molar-refractivity contribution is 5.93. The van der Waals surface area contributed by atoms with Crippen molar-refractivity contribution in [3.05, 3.63) is 53.6 Å². The third kappa shape index (κ3) is 3.16. The summed E-state index contributed by atoms with van der Waals surface area (Å²) < 4.78 is 8.03. The normalized spacial score (nSPS) is 24.8. The van der Waals surface area contributed by atoms with E-state index in [4.69, 9.17) is 4.74 Å². The van der Waals surface area contributed by atoms with Crippen LogP contribution in [0.4, 0.5) is 0 Å². The molecular formula is C21H27N3O2. The van der Waals surface area contributed by atoms with E-state index in [2.05, 4.69) is 11.1 Å². The Kier molecular flexibility index (Phi) is 4.57. The van der Waals surface area contributed by atoms with E-state index < -0.39 is 0 Å². The maximum atomic E-state index is 12.9. The summed E-state index contributed by atoms with van der Waals surface area (Å²) >= 11 is 0. The minimum atomic E-state index is 0.123. The van der Waals surface area contributed by atoms with E-state index in [1.54, 1.807) is 0 Å². The summed E-state index contributed by atoms with van der Waals surface area (Å²) in [5, 5.41) is 0. The van der Waals surface area contributed by atoms with Crippen LogP contribution < -0.4 is 0 Å². The van der Waals surface area contributed by atoms with Crippen molar-refractivity contribution >= 4 is 5.91 Å². The van der Waals surface area contributed by atoms with Crippen molar-refractivity contribution in [2.75, 3.05) is 19.7 Å². The predicted octanol–water partition coefficient (Wildman–Crippen LogP) is 3.19. The molecule has 5 heteroatoms. The number of aryl methyl sites for hydroxylation is 2. The molecule has 0 bridgehead atoms. The summed E-state index contributed by atoms with van der Waals surface area (Å²) in [5.41, 5.74) is 3.17. The number of carbonyl (C=O) groups excluding carboxylic acids is 1. The van der Waals surface area contributed by atoms with Crippen molar-refractivity contribution in [1.29, 1.82) is 0 Å². The Morgan fingerprint density at radius 3 is 3.08 bits per heavy atom. The monoisotopic (exact) mass is 353 g/mol. The maximum absolute atomic E-state index is 12.9. The number of hydrogen-bond acceptors (Lipinski definition) is 3. The second-order valence-corrected chi connectivity index (χ2v) is 8.00. The van der Waals surface area contributed by atoms with Crippen molar-refractivity contribution in [3.63, 3.8) is 0 Å². The Labute approximate surface area is 155 Å². The van der Waals surface area contributed by atoms with Gasteiger partial charge in [0.2, 0.25) is 0 Å². The van der Waals surface area contributed by atoms with Crippen molar-refractivity contribution in [2.24, 2.45) is 18.4 Å². The maximum Gasteiger partial charge on any atom is 0.270 e. The zero-order valence-corrected chi connectivity index (χ0v) is 15.6. The number of fused-ring (bicyclic) bond motifs is 1. The van der Waals surface area contributed by atoms with Gasteiger partial charge in [-0.25, -0.2) is 0 Å². The molecule has 3 heterocycles. The summed E-state index contributed by atoms with van der Waals surface area (Å²) in [5.74, 6) is 0.705. The smallest absolute Gasteiger partial charge is 0.270 e. The van der Waals surface area contributed by atoms with Crippen LogP contribution in [0.25, 0.3) is 0 Å². The number of aromatic nitrogens is 2. The van der Waals surface area contributed by atoms with Gasteiger partial charge < -0.3 is 14.2 Å². The number of rotatable bonds is 5. The topological polar surface area (TPSA) is 47.4 Å². The molecule has 2 fully saturated rings. The molecule has 1 aliphatic heterocycles. The van der Waals surface area contributed by atoms with Crippen LogP contribution in [0.15, 0.2) is 36.8 Å². The fraction of sp³-hybridized carbons (Fsp3) is 0.524. The molecule has 2 aromatic heterocycles. The van der Waals surface area contributed by atoms with Crippen LogP contribution in [-0.4, -0.2) is 40.1 Å². The molecule has 2 atom stereocenters. The lowest BCUT2D eigenvalue weighted by Gasteiger charge is -2.28. The molecule has 2 aliphatic rings. The Bertz CT molecular complexity index is 800. The lowest BCUT2D eigenvalue weighted by Crippen LogP contribution is -2.35. The largest absolute Gasteiger partial charge is 0.376 e. The van der Waals surface area contributed by atoms with E-state index in [0.29, 0.717) is 12.5 Å². The predicted molar refractivity (Wildman–Crippen MR) is 99.7 cm³/mol. The van der Waals surface area contributed by atoms with Gasteiger partial charge in [-0.05, 0) is 48.9 Å². The lowest BCUT2D eigenvalue weighted by atomic mass is 9.81. The first-order valence-corrected chi connectivity index (χ1v) is 9.46. The standard InChI is InChI=1S/C21H27N3O2/c1-16-9-17(11-22-10-16)13-26-15-21-7-3-5-18(21)12-24(14-21)20(25)19-6-4-8-23(19)2/h4,6,8-11,18H,3,5,7,12-15H2,1-2H3/t18-,21+/m0/s1. The van der Waals surface area contributed by atoms with Crippen LogP contribution in [0, 0.1) is 18.3 Å². The average Bonchev–Trinajstić information content (AvgIpc) is 3.28. The van der Waals surface area contributed by atoms with Crippen LogP contribution in [0.5, 0.6) is 0 Å². The third-order valence-corrected chi connectivity index (χ3v) is 6.08. The molecule has 2 aromatic rings. The van der Waals surface area contributed by atoms with Gasteiger partial charge in [0.1, 0.15) is 5.69 Å². The van der Waals surface area contributed by atoms with Crippen LogP contribution in [0.2, 0.25) is 0 Å². The Balaban J connectivity index is 1.41. The molecule has 1 saturated heterocycles. The highest BCUT2D eigenvalue weighted by Gasteiger charge is 2.50. The first kappa shape index (κ1) is 17.3. The highest BCUT2D eigenvalue weighted by Crippen LogP contribution is 2.49. The molecule has 1 saturated carbocycles. The lowest BCUT2D eigenvalue weighted by molar-refractivity contribution is 0.0263. The molecule has 26 heavy (non-hydrogen) atoms. The summed E-state index contributed by atoms with van der Waals surface area (Å²) in [4.78, 5) is 19.2. The molecule has 5 nitrogen and oxygen atoms in total. The second-order valence-electron chi connectivity index (χ2n) is 8.00. The van der Waals surface area contributed by atoms with Gasteiger partial charge in [0.05, 0.1) is 13.2 Å². The minimum Gasteiger partial charge on any atom is -0.376 e. The number of likely N-dealkylation sites (tertiary alicyclic amines) is 1. The zero-order chi connectivity index (χ0) is 18.1. The fourth-order valence-electron chi connectivity index (χ4n) is 4.72. The molecular weight excluding hydrogens is 326 g/mol. The first-order valence-electron chi connectivity index (χ1n) is 9.46. The third-order valence-electron chi connectivity index (χ3n) is 6.08. The average molecular weight is 353 g/mol. The molecule has 0 aromatic carbocycles. The number of nitrogens with zero attached hydrogens (tertiary/aromatic N) is 3. The second kappa shape index (κ2) is 6.88. The van der Waals surface area contributed by atoms with E-state index in [-0.39, 0.29) is 11.3 Å². The molecule has 0 unspecified atom stereocenters. The van der Waals surface area contributed by atoms with Gasteiger partial charge in [-0.2, -0.15) is 0 Å². The van der Waals surface area contributed by atoms with Gasteiger partial charge in [-0.3, -0.25) is 9.78 Å². The van der Waals surface area contributed by atoms with Gasteiger partial charge in [0, 0.05) is 44.1 Å². The molecule has 4 rings (SSSR count). The zero-order valence-electron chi connectivity index (χ0n) is 15.6. The van der Waals surface area contributed by atoms with E-state index >= 15 is 0 Å². The number of carbonyl (C=O) groups is 1. The summed E-state index contributed by atoms with van der Waals surface area (Å²) in [6.07, 6.45) is 9.26. The number of ether oxygens (including phenoxy) is 1. The Hall–Kier alpha value is -2.14. The highest BCUT2D eigenvalue weighted by atomic mass is 16.5. The van der Waals surface area contributed by atoms with Gasteiger partial charge in [-0.1, -0.05) is 12.5 Å². The van der Waals surface area contributed by atoms with Crippen LogP contribution in [0.1, 0.15) is 40.9 Å². The SMILES string of the molecule is Cc1cncc(COC[C@]23CCC[C@H]2CN(C(=O)c2cccn2C)C3)c1. The Morgan fingerprint density at radius 1 is 1.42 bits per heavy atom. The summed E-state index contributed by atoms with van der Waals surface area (Å²) in [7, 11) is 1.93. The fourth-order valence-corrected chi connectivity index (χ4v) is 4.72. The van der Waals surface area contributed by atoms with Crippen molar-refractivity contribution in [1.82, 2.24) is 14.5 Å². The minimum absolute atomic E-state index is 0.123. The van der Waals surface area contributed by atoms with Gasteiger partial charge in [0.15, 0.2) is 0 Å². The first-order chi connectivity index (χ1) is 12.6. The number of amides is 1. The van der Waals surface area contributed by atoms with Crippen LogP contribution in [0.3, 0.4) is 0 Å². The van der Waals surface area contributed by atoms with E-state index in [1.165, 1.54) is 12.8 Å². The van der Waals surface area contributed by atoms with Crippen molar-refractivity contribution < 1.29 is 9.53 Å². The van der Waals surface area contributed by atoms with Crippen molar-refractivity contribution in [3.8, 4) is 0 Å². The van der Waals surface area contributed by atoms with Gasteiger partial charge >= 0.3 is 0 Å². The number of pyridine rings is 1. The molecule has 1 aliphatic carbocycles. The number of hydrogen-bond donors (Lipinski definition) is 0. The summed E-state index contributed by atoms with van der Waals surface area (Å²) in [6.45, 7) is 5.04. The molecule has 0 radical (unpaired) electrons. The van der Waals surface area contributed by atoms with Gasteiger partial charge in [-0.15, -0.1) is 0 Å². The molecule has 138 valence electrons. The van der Waals surface area contributed by atoms with Crippen LogP contribution in [-0.2, 0) is 18.4 Å². The Morgan fingerprint density at radius 2 is 2.31 bits per heavy atom. The van der Waals surface area contributed by atoms with Gasteiger partial charge in [0.25, 0.3) is 5.91 Å². The van der Waals surface area contributed by atoms with Crippen molar-refractivity contribution in [2.45, 2.75) is 32.8 Å².